The molecule has 0 fully saturated rings. The van der Waals surface area contributed by atoms with Gasteiger partial charge < -0.3 is 5.32 Å². The van der Waals surface area contributed by atoms with Crippen LogP contribution in [0.3, 0.4) is 0 Å². The standard InChI is InChI=1S/C15H18N4/c1-3-13-9-14(19(4-2)18-13)11-17-15-8-6-5-7-12(15)10-16/h5-9,17H,3-4,11H2,1-2H3. The van der Waals surface area contributed by atoms with E-state index in [0.29, 0.717) is 12.1 Å². The molecule has 0 unspecified atom stereocenters. The number of aryl methyl sites for hydroxylation is 2. The maximum atomic E-state index is 9.05. The van der Waals surface area contributed by atoms with Gasteiger partial charge in [-0.25, -0.2) is 0 Å². The maximum Gasteiger partial charge on any atom is 0.101 e. The number of benzene rings is 1. The van der Waals surface area contributed by atoms with Gasteiger partial charge in [0.2, 0.25) is 0 Å². The third kappa shape index (κ3) is 2.94. The van der Waals surface area contributed by atoms with Gasteiger partial charge in [0.25, 0.3) is 0 Å². The van der Waals surface area contributed by atoms with Gasteiger partial charge >= 0.3 is 0 Å². The van der Waals surface area contributed by atoms with Crippen molar-refractivity contribution in [3.05, 3.63) is 47.3 Å². The molecule has 1 aromatic heterocycles. The van der Waals surface area contributed by atoms with Crippen molar-refractivity contribution in [2.24, 2.45) is 0 Å². The first-order chi connectivity index (χ1) is 9.28. The fourth-order valence-corrected chi connectivity index (χ4v) is 2.02. The van der Waals surface area contributed by atoms with Gasteiger partial charge in [-0.15, -0.1) is 0 Å². The van der Waals surface area contributed by atoms with Gasteiger partial charge in [0.05, 0.1) is 29.2 Å². The van der Waals surface area contributed by atoms with Crippen molar-refractivity contribution in [2.45, 2.75) is 33.4 Å². The summed E-state index contributed by atoms with van der Waals surface area (Å²) in [4.78, 5) is 0. The second kappa shape index (κ2) is 6.05. The van der Waals surface area contributed by atoms with Crippen LogP contribution in [0.4, 0.5) is 5.69 Å². The molecule has 98 valence electrons. The van der Waals surface area contributed by atoms with Crippen LogP contribution in [0.25, 0.3) is 0 Å². The van der Waals surface area contributed by atoms with Gasteiger partial charge in [-0.3, -0.25) is 4.68 Å². The number of para-hydroxylation sites is 1. The zero-order chi connectivity index (χ0) is 13.7. The van der Waals surface area contributed by atoms with Crippen molar-refractivity contribution >= 4 is 5.69 Å². The number of rotatable bonds is 5. The molecule has 0 bridgehead atoms. The third-order valence-electron chi connectivity index (χ3n) is 3.08. The van der Waals surface area contributed by atoms with E-state index in [1.54, 1.807) is 0 Å². The molecule has 0 radical (unpaired) electrons. The van der Waals surface area contributed by atoms with Crippen LogP contribution in [0.15, 0.2) is 30.3 Å². The highest BCUT2D eigenvalue weighted by Gasteiger charge is 2.06. The highest BCUT2D eigenvalue weighted by Crippen LogP contribution is 2.15. The zero-order valence-corrected chi connectivity index (χ0v) is 11.3. The van der Waals surface area contributed by atoms with Crippen molar-refractivity contribution in [1.82, 2.24) is 9.78 Å². The highest BCUT2D eigenvalue weighted by atomic mass is 15.3. The van der Waals surface area contributed by atoms with Gasteiger partial charge in [0.1, 0.15) is 6.07 Å². The Balaban J connectivity index is 2.14. The van der Waals surface area contributed by atoms with E-state index in [-0.39, 0.29) is 0 Å². The summed E-state index contributed by atoms with van der Waals surface area (Å²) < 4.78 is 2.00. The topological polar surface area (TPSA) is 53.6 Å². The van der Waals surface area contributed by atoms with Gasteiger partial charge in [-0.05, 0) is 31.5 Å². The second-order valence-electron chi connectivity index (χ2n) is 4.31. The molecule has 0 aliphatic heterocycles. The van der Waals surface area contributed by atoms with E-state index in [0.717, 1.165) is 30.0 Å². The minimum Gasteiger partial charge on any atom is -0.378 e. The lowest BCUT2D eigenvalue weighted by Crippen LogP contribution is -2.08. The van der Waals surface area contributed by atoms with E-state index in [4.69, 9.17) is 5.26 Å². The molecule has 0 aliphatic carbocycles. The van der Waals surface area contributed by atoms with Gasteiger partial charge in [-0.2, -0.15) is 10.4 Å². The molecule has 2 rings (SSSR count). The Kier molecular flexibility index (Phi) is 4.19. The van der Waals surface area contributed by atoms with Crippen molar-refractivity contribution in [1.29, 1.82) is 5.26 Å². The van der Waals surface area contributed by atoms with Crippen molar-refractivity contribution in [3.63, 3.8) is 0 Å². The van der Waals surface area contributed by atoms with Crippen LogP contribution >= 0.6 is 0 Å². The SMILES string of the molecule is CCc1cc(CNc2ccccc2C#N)n(CC)n1. The van der Waals surface area contributed by atoms with E-state index in [1.165, 1.54) is 0 Å². The second-order valence-corrected chi connectivity index (χ2v) is 4.31. The molecular formula is C15H18N4. The number of hydrogen-bond acceptors (Lipinski definition) is 3. The molecule has 1 N–H and O–H groups in total. The van der Waals surface area contributed by atoms with E-state index < -0.39 is 0 Å². The summed E-state index contributed by atoms with van der Waals surface area (Å²) in [5.74, 6) is 0. The van der Waals surface area contributed by atoms with E-state index in [2.05, 4.69) is 36.4 Å². The molecule has 0 saturated heterocycles. The van der Waals surface area contributed by atoms with Crippen LogP contribution in [0, 0.1) is 11.3 Å². The van der Waals surface area contributed by atoms with Crippen molar-refractivity contribution in [3.8, 4) is 6.07 Å². The molecule has 1 heterocycles. The summed E-state index contributed by atoms with van der Waals surface area (Å²) >= 11 is 0. The van der Waals surface area contributed by atoms with Crippen molar-refractivity contribution < 1.29 is 0 Å². The smallest absolute Gasteiger partial charge is 0.101 e. The van der Waals surface area contributed by atoms with Crippen molar-refractivity contribution in [2.75, 3.05) is 5.32 Å². The first-order valence-electron chi connectivity index (χ1n) is 6.57. The number of hydrogen-bond donors (Lipinski definition) is 1. The van der Waals surface area contributed by atoms with Gasteiger partial charge in [0.15, 0.2) is 0 Å². The summed E-state index contributed by atoms with van der Waals surface area (Å²) in [7, 11) is 0. The number of anilines is 1. The lowest BCUT2D eigenvalue weighted by molar-refractivity contribution is 0.619. The quantitative estimate of drug-likeness (QED) is 0.892. The Hall–Kier alpha value is -2.28. The third-order valence-corrected chi connectivity index (χ3v) is 3.08. The molecule has 0 saturated carbocycles. The van der Waals surface area contributed by atoms with Crippen LogP contribution in [0.1, 0.15) is 30.8 Å². The minimum atomic E-state index is 0.667. The Morgan fingerprint density at radius 1 is 1.32 bits per heavy atom. The molecule has 1 aromatic carbocycles. The van der Waals surface area contributed by atoms with Gasteiger partial charge in [0, 0.05) is 6.54 Å². The predicted molar refractivity (Wildman–Crippen MR) is 75.8 cm³/mol. The number of nitriles is 1. The molecule has 2 aromatic rings. The molecule has 0 amide bonds. The number of nitrogens with one attached hydrogen (secondary N) is 1. The molecule has 0 spiro atoms. The van der Waals surface area contributed by atoms with Crippen LogP contribution in [-0.2, 0) is 19.5 Å². The van der Waals surface area contributed by atoms with Crippen LogP contribution in [-0.4, -0.2) is 9.78 Å². The minimum absolute atomic E-state index is 0.667. The van der Waals surface area contributed by atoms with E-state index in [1.807, 2.05) is 28.9 Å². The first kappa shape index (κ1) is 13.2. The predicted octanol–water partition coefficient (Wildman–Crippen LogP) is 2.95. The van der Waals surface area contributed by atoms with Crippen LogP contribution < -0.4 is 5.32 Å². The lowest BCUT2D eigenvalue weighted by atomic mass is 10.2. The monoisotopic (exact) mass is 254 g/mol. The number of aromatic nitrogens is 2. The Labute approximate surface area is 113 Å². The Bertz CT molecular complexity index is 592. The van der Waals surface area contributed by atoms with Crippen LogP contribution in [0.2, 0.25) is 0 Å². The summed E-state index contributed by atoms with van der Waals surface area (Å²) in [6.07, 6.45) is 0.939. The first-order valence-corrected chi connectivity index (χ1v) is 6.57. The molecule has 4 nitrogen and oxygen atoms in total. The van der Waals surface area contributed by atoms with E-state index >= 15 is 0 Å². The fraction of sp³-hybridized carbons (Fsp3) is 0.333. The number of nitrogens with zero attached hydrogens (tertiary/aromatic N) is 3. The summed E-state index contributed by atoms with van der Waals surface area (Å²) in [6, 6.07) is 11.8. The molecule has 19 heavy (non-hydrogen) atoms. The Morgan fingerprint density at radius 2 is 2.11 bits per heavy atom. The molecule has 4 heteroatoms. The zero-order valence-electron chi connectivity index (χ0n) is 11.3. The van der Waals surface area contributed by atoms with E-state index in [9.17, 15) is 0 Å². The molecule has 0 atom stereocenters. The summed E-state index contributed by atoms with van der Waals surface area (Å²) in [6.45, 7) is 5.72. The highest BCUT2D eigenvalue weighted by molar-refractivity contribution is 5.57. The summed E-state index contributed by atoms with van der Waals surface area (Å²) in [5.41, 5.74) is 3.78. The maximum absolute atomic E-state index is 9.05. The summed E-state index contributed by atoms with van der Waals surface area (Å²) in [5, 5.41) is 16.9. The normalized spacial score (nSPS) is 10.2. The Morgan fingerprint density at radius 3 is 2.79 bits per heavy atom. The molecular weight excluding hydrogens is 236 g/mol. The van der Waals surface area contributed by atoms with Crippen LogP contribution in [0.5, 0.6) is 0 Å². The van der Waals surface area contributed by atoms with Gasteiger partial charge in [-0.1, -0.05) is 19.1 Å². The average molecular weight is 254 g/mol. The lowest BCUT2D eigenvalue weighted by Gasteiger charge is -2.09. The average Bonchev–Trinajstić information content (AvgIpc) is 2.87. The fourth-order valence-electron chi connectivity index (χ4n) is 2.02. The molecule has 0 aliphatic rings. The largest absolute Gasteiger partial charge is 0.378 e.